The van der Waals surface area contributed by atoms with E-state index in [2.05, 4.69) is 25.7 Å². The zero-order valence-corrected chi connectivity index (χ0v) is 14.2. The number of carbonyl (C=O) groups is 1. The number of hydrogen-bond donors (Lipinski definition) is 2. The minimum atomic E-state index is -0.196. The van der Waals surface area contributed by atoms with Crippen molar-refractivity contribution in [2.45, 2.75) is 19.3 Å². The highest BCUT2D eigenvalue weighted by atomic mass is 16.1. The van der Waals surface area contributed by atoms with E-state index in [4.69, 9.17) is 0 Å². The maximum atomic E-state index is 12.0. The molecule has 2 N–H and O–H groups in total. The van der Waals surface area contributed by atoms with E-state index in [1.54, 1.807) is 18.3 Å². The van der Waals surface area contributed by atoms with Crippen LogP contribution < -0.4 is 10.9 Å². The second-order valence-electron chi connectivity index (χ2n) is 5.80. The Kier molecular flexibility index (Phi) is 5.82. The van der Waals surface area contributed by atoms with E-state index < -0.39 is 0 Å². The van der Waals surface area contributed by atoms with Crippen LogP contribution in [0.3, 0.4) is 0 Å². The first-order chi connectivity index (χ1) is 12.8. The van der Waals surface area contributed by atoms with Gasteiger partial charge >= 0.3 is 0 Å². The number of aryl methyl sites for hydroxylation is 1. The molecule has 1 amide bonds. The van der Waals surface area contributed by atoms with Crippen molar-refractivity contribution < 1.29 is 4.79 Å². The lowest BCUT2D eigenvalue weighted by Crippen LogP contribution is -2.24. The average Bonchev–Trinajstić information content (AvgIpc) is 2.69. The molecule has 0 spiro atoms. The summed E-state index contributed by atoms with van der Waals surface area (Å²) in [5, 5.41) is 16.4. The predicted molar refractivity (Wildman–Crippen MR) is 97.6 cm³/mol. The topological polar surface area (TPSA) is 101 Å². The molecule has 0 fully saturated rings. The van der Waals surface area contributed by atoms with Crippen molar-refractivity contribution >= 4 is 5.91 Å². The highest BCUT2D eigenvalue weighted by Gasteiger charge is 2.08. The quantitative estimate of drug-likeness (QED) is 0.635. The van der Waals surface area contributed by atoms with Gasteiger partial charge in [-0.3, -0.25) is 9.59 Å². The standard InChI is InChI=1S/C19H19N5O2/c25-18(15-8-11-21-23-13-15)20-10-4-3-6-14-5-1-2-7-16(14)17-9-12-22-24-19(17)26/h1-2,5,7-9,11-13H,3-4,6,10H2,(H,20,25)(H,24,26). The largest absolute Gasteiger partial charge is 0.352 e. The Balaban J connectivity index is 1.54. The summed E-state index contributed by atoms with van der Waals surface area (Å²) >= 11 is 0. The molecule has 0 atom stereocenters. The summed E-state index contributed by atoms with van der Waals surface area (Å²) in [6.45, 7) is 0.583. The minimum Gasteiger partial charge on any atom is -0.352 e. The Morgan fingerprint density at radius 1 is 1.00 bits per heavy atom. The molecule has 0 unspecified atom stereocenters. The molecule has 26 heavy (non-hydrogen) atoms. The van der Waals surface area contributed by atoms with Gasteiger partial charge in [-0.15, -0.1) is 0 Å². The van der Waals surface area contributed by atoms with Crippen LogP contribution in [-0.2, 0) is 6.42 Å². The second-order valence-corrected chi connectivity index (χ2v) is 5.80. The third kappa shape index (κ3) is 4.38. The van der Waals surface area contributed by atoms with E-state index in [0.29, 0.717) is 17.7 Å². The fraction of sp³-hybridized carbons (Fsp3) is 0.211. The maximum Gasteiger partial charge on any atom is 0.272 e. The van der Waals surface area contributed by atoms with Crippen molar-refractivity contribution in [1.82, 2.24) is 25.7 Å². The molecule has 0 aliphatic carbocycles. The predicted octanol–water partition coefficient (Wildman–Crippen LogP) is 1.98. The monoisotopic (exact) mass is 349 g/mol. The number of H-pyrrole nitrogens is 1. The van der Waals surface area contributed by atoms with Crippen LogP contribution in [0.2, 0.25) is 0 Å². The Morgan fingerprint density at radius 3 is 2.69 bits per heavy atom. The second kappa shape index (κ2) is 8.66. The summed E-state index contributed by atoms with van der Waals surface area (Å²) in [6.07, 6.45) is 7.08. The molecule has 1 aromatic carbocycles. The van der Waals surface area contributed by atoms with Gasteiger partial charge in [0.2, 0.25) is 0 Å². The van der Waals surface area contributed by atoms with Gasteiger partial charge in [0, 0.05) is 12.7 Å². The van der Waals surface area contributed by atoms with Crippen LogP contribution in [0.25, 0.3) is 11.1 Å². The number of hydrogen-bond acceptors (Lipinski definition) is 5. The van der Waals surface area contributed by atoms with Crippen LogP contribution in [0.1, 0.15) is 28.8 Å². The molecule has 0 saturated heterocycles. The van der Waals surface area contributed by atoms with Gasteiger partial charge in [-0.25, -0.2) is 5.10 Å². The molecule has 132 valence electrons. The lowest BCUT2D eigenvalue weighted by molar-refractivity contribution is 0.0952. The van der Waals surface area contributed by atoms with Crippen molar-refractivity contribution in [3.8, 4) is 11.1 Å². The zero-order valence-electron chi connectivity index (χ0n) is 14.2. The molecule has 7 heteroatoms. The van der Waals surface area contributed by atoms with Gasteiger partial charge in [-0.1, -0.05) is 24.3 Å². The summed E-state index contributed by atoms with van der Waals surface area (Å²) < 4.78 is 0. The molecule has 7 nitrogen and oxygen atoms in total. The van der Waals surface area contributed by atoms with Gasteiger partial charge in [0.1, 0.15) is 0 Å². The molecule has 0 radical (unpaired) electrons. The van der Waals surface area contributed by atoms with Crippen LogP contribution in [0.5, 0.6) is 0 Å². The van der Waals surface area contributed by atoms with Crippen LogP contribution in [0.15, 0.2) is 59.8 Å². The van der Waals surface area contributed by atoms with Crippen molar-refractivity contribution in [2.75, 3.05) is 6.54 Å². The molecular formula is C19H19N5O2. The normalized spacial score (nSPS) is 10.5. The first-order valence-electron chi connectivity index (χ1n) is 8.42. The molecule has 0 aliphatic rings. The van der Waals surface area contributed by atoms with Crippen molar-refractivity contribution in [3.05, 3.63) is 76.5 Å². The molecular weight excluding hydrogens is 330 g/mol. The van der Waals surface area contributed by atoms with E-state index in [0.717, 1.165) is 30.4 Å². The molecule has 0 saturated carbocycles. The third-order valence-electron chi connectivity index (χ3n) is 4.04. The molecule has 0 aliphatic heterocycles. The number of nitrogens with zero attached hydrogens (tertiary/aromatic N) is 3. The molecule has 2 heterocycles. The van der Waals surface area contributed by atoms with E-state index in [1.165, 1.54) is 12.4 Å². The number of benzene rings is 1. The number of nitrogens with one attached hydrogen (secondary N) is 2. The number of unbranched alkanes of at least 4 members (excludes halogenated alkanes) is 1. The summed E-state index contributed by atoms with van der Waals surface area (Å²) in [7, 11) is 0. The van der Waals surface area contributed by atoms with E-state index in [1.807, 2.05) is 24.3 Å². The Hall–Kier alpha value is -3.35. The molecule has 3 aromatic rings. The smallest absolute Gasteiger partial charge is 0.272 e. The van der Waals surface area contributed by atoms with Crippen molar-refractivity contribution in [3.63, 3.8) is 0 Å². The fourth-order valence-electron chi connectivity index (χ4n) is 2.73. The van der Waals surface area contributed by atoms with Gasteiger partial charge in [0.25, 0.3) is 11.5 Å². The first kappa shape index (κ1) is 17.5. The average molecular weight is 349 g/mol. The highest BCUT2D eigenvalue weighted by Crippen LogP contribution is 2.21. The van der Waals surface area contributed by atoms with E-state index in [-0.39, 0.29) is 11.5 Å². The van der Waals surface area contributed by atoms with Crippen LogP contribution in [0, 0.1) is 0 Å². The van der Waals surface area contributed by atoms with E-state index in [9.17, 15) is 9.59 Å². The number of rotatable bonds is 7. The lowest BCUT2D eigenvalue weighted by atomic mass is 9.97. The molecule has 0 bridgehead atoms. The zero-order chi connectivity index (χ0) is 18.2. The van der Waals surface area contributed by atoms with Gasteiger partial charge < -0.3 is 5.32 Å². The number of carbonyl (C=O) groups excluding carboxylic acids is 1. The van der Waals surface area contributed by atoms with Crippen molar-refractivity contribution in [1.29, 1.82) is 0 Å². The van der Waals surface area contributed by atoms with Crippen LogP contribution in [-0.4, -0.2) is 32.8 Å². The van der Waals surface area contributed by atoms with Crippen molar-refractivity contribution in [2.24, 2.45) is 0 Å². The SMILES string of the molecule is O=C(NCCCCc1ccccc1-c1ccn[nH]c1=O)c1ccnnc1. The van der Waals surface area contributed by atoms with Gasteiger partial charge in [-0.05, 0) is 42.5 Å². The molecule has 2 aromatic heterocycles. The minimum absolute atomic E-state index is 0.149. The third-order valence-corrected chi connectivity index (χ3v) is 4.04. The summed E-state index contributed by atoms with van der Waals surface area (Å²) in [5.41, 5.74) is 2.95. The van der Waals surface area contributed by atoms with Gasteiger partial charge in [0.15, 0.2) is 0 Å². The first-order valence-corrected chi connectivity index (χ1v) is 8.42. The maximum absolute atomic E-state index is 12.0. The lowest BCUT2D eigenvalue weighted by Gasteiger charge is -2.09. The number of aromatic nitrogens is 4. The number of amides is 1. The van der Waals surface area contributed by atoms with Gasteiger partial charge in [-0.2, -0.15) is 15.3 Å². The fourth-order valence-corrected chi connectivity index (χ4v) is 2.73. The summed E-state index contributed by atoms with van der Waals surface area (Å²) in [4.78, 5) is 23.9. The molecule has 3 rings (SSSR count). The van der Waals surface area contributed by atoms with Gasteiger partial charge in [0.05, 0.1) is 23.5 Å². The highest BCUT2D eigenvalue weighted by molar-refractivity contribution is 5.93. The summed E-state index contributed by atoms with van der Waals surface area (Å²) in [6, 6.07) is 11.2. The van der Waals surface area contributed by atoms with E-state index >= 15 is 0 Å². The Morgan fingerprint density at radius 2 is 1.88 bits per heavy atom. The van der Waals surface area contributed by atoms with Crippen LogP contribution >= 0.6 is 0 Å². The van der Waals surface area contributed by atoms with Crippen LogP contribution in [0.4, 0.5) is 0 Å². The number of aromatic amines is 1. The summed E-state index contributed by atoms with van der Waals surface area (Å²) in [5.74, 6) is -0.149. The Labute approximate surface area is 150 Å². The Bertz CT molecular complexity index is 924.